The van der Waals surface area contributed by atoms with Crippen molar-refractivity contribution in [1.82, 2.24) is 24.4 Å². The van der Waals surface area contributed by atoms with Gasteiger partial charge in [0.15, 0.2) is 11.6 Å². The van der Waals surface area contributed by atoms with Crippen molar-refractivity contribution in [3.8, 4) is 5.75 Å². The van der Waals surface area contributed by atoms with Crippen molar-refractivity contribution in [3.63, 3.8) is 0 Å². The molecule has 1 aliphatic heterocycles. The van der Waals surface area contributed by atoms with E-state index in [1.165, 1.54) is 18.5 Å². The van der Waals surface area contributed by atoms with Gasteiger partial charge in [0, 0.05) is 23.3 Å². The van der Waals surface area contributed by atoms with Crippen molar-refractivity contribution < 1.29 is 9.13 Å². The van der Waals surface area contributed by atoms with E-state index >= 15 is 0 Å². The lowest BCUT2D eigenvalue weighted by atomic mass is 10.2. The zero-order valence-electron chi connectivity index (χ0n) is 18.4. The molecule has 0 unspecified atom stereocenters. The fraction of sp³-hybridized carbons (Fsp3) is 0.240. The van der Waals surface area contributed by atoms with Crippen LogP contribution in [0.1, 0.15) is 18.4 Å². The zero-order chi connectivity index (χ0) is 22.9. The molecule has 0 aliphatic carbocycles. The molecule has 9 heteroatoms. The second-order valence-electron chi connectivity index (χ2n) is 8.34. The van der Waals surface area contributed by atoms with E-state index in [0.717, 1.165) is 57.8 Å². The van der Waals surface area contributed by atoms with E-state index in [1.54, 1.807) is 10.6 Å². The van der Waals surface area contributed by atoms with E-state index in [0.29, 0.717) is 12.4 Å². The molecular formula is C25H23FN6OS. The molecule has 34 heavy (non-hydrogen) atoms. The summed E-state index contributed by atoms with van der Waals surface area (Å²) in [6, 6.07) is 14.6. The van der Waals surface area contributed by atoms with Gasteiger partial charge in [-0.05, 0) is 60.2 Å². The fourth-order valence-electron chi connectivity index (χ4n) is 4.32. The Kier molecular flexibility index (Phi) is 5.54. The van der Waals surface area contributed by atoms with Gasteiger partial charge < -0.3 is 10.1 Å². The first-order valence-corrected chi connectivity index (χ1v) is 12.4. The highest BCUT2D eigenvalue weighted by Gasteiger charge is 2.19. The van der Waals surface area contributed by atoms with Crippen molar-refractivity contribution in [2.75, 3.05) is 16.8 Å². The number of anilines is 2. The molecule has 1 aliphatic rings. The first kappa shape index (κ1) is 21.0. The van der Waals surface area contributed by atoms with Crippen molar-refractivity contribution in [2.45, 2.75) is 25.5 Å². The molecule has 0 radical (unpaired) electrons. The Labute approximate surface area is 199 Å². The van der Waals surface area contributed by atoms with Crippen molar-refractivity contribution >= 4 is 39.7 Å². The number of aromatic nitrogens is 5. The van der Waals surface area contributed by atoms with Crippen LogP contribution in [-0.2, 0) is 6.54 Å². The topological polar surface area (TPSA) is 69.3 Å². The van der Waals surface area contributed by atoms with Gasteiger partial charge in [0.05, 0.1) is 18.3 Å². The second-order valence-corrected chi connectivity index (χ2v) is 9.57. The summed E-state index contributed by atoms with van der Waals surface area (Å²) in [4.78, 5) is 4.49. The lowest BCUT2D eigenvalue weighted by Gasteiger charge is -2.22. The van der Waals surface area contributed by atoms with Crippen LogP contribution >= 0.6 is 11.8 Å². The average Bonchev–Trinajstić information content (AvgIpc) is 3.44. The molecule has 0 saturated carbocycles. The minimum atomic E-state index is -0.243. The Morgan fingerprint density at radius 1 is 1.09 bits per heavy atom. The van der Waals surface area contributed by atoms with Gasteiger partial charge in [-0.25, -0.2) is 13.9 Å². The lowest BCUT2D eigenvalue weighted by Crippen LogP contribution is -2.22. The minimum absolute atomic E-state index is 0.223. The molecule has 0 atom stereocenters. The maximum atomic E-state index is 13.6. The van der Waals surface area contributed by atoms with E-state index < -0.39 is 0 Å². The zero-order valence-corrected chi connectivity index (χ0v) is 19.2. The summed E-state index contributed by atoms with van der Waals surface area (Å²) in [5.41, 5.74) is 3.56. The number of nitrogens with one attached hydrogen (secondary N) is 1. The Morgan fingerprint density at radius 2 is 2.00 bits per heavy atom. The van der Waals surface area contributed by atoms with Crippen LogP contribution in [0.25, 0.3) is 16.4 Å². The van der Waals surface area contributed by atoms with E-state index in [2.05, 4.69) is 20.5 Å². The molecule has 3 aromatic heterocycles. The maximum Gasteiger partial charge on any atom is 0.162 e. The summed E-state index contributed by atoms with van der Waals surface area (Å²) in [7, 11) is 0. The summed E-state index contributed by atoms with van der Waals surface area (Å²) in [6.07, 6.45) is 7.58. The standard InChI is InChI=1S/C25H23FN6OS/c26-19-3-1-2-17(12-19)15-32-22-5-4-20(13-18(22)14-28-32)30-25-24-23(6-9-31(24)29-16-27-25)33-21-7-10-34-11-8-21/h1-6,9,12-14,16,21H,7-8,10-11,15H2,(H,27,29,30). The number of nitrogens with zero attached hydrogens (tertiary/aromatic N) is 5. The van der Waals surface area contributed by atoms with Gasteiger partial charge in [-0.2, -0.15) is 22.0 Å². The maximum absolute atomic E-state index is 13.6. The van der Waals surface area contributed by atoms with Crippen LogP contribution in [0.3, 0.4) is 0 Å². The SMILES string of the molecule is Fc1cccc(Cn2ncc3cc(Nc4ncnn5ccc(OC6CCSCC6)c45)ccc32)c1. The average molecular weight is 475 g/mol. The summed E-state index contributed by atoms with van der Waals surface area (Å²) in [5, 5.41) is 13.3. The van der Waals surface area contributed by atoms with Crippen molar-refractivity contribution in [2.24, 2.45) is 0 Å². The molecule has 7 nitrogen and oxygen atoms in total. The largest absolute Gasteiger partial charge is 0.488 e. The first-order valence-electron chi connectivity index (χ1n) is 11.3. The summed E-state index contributed by atoms with van der Waals surface area (Å²) < 4.78 is 23.6. The molecule has 2 aromatic carbocycles. The van der Waals surface area contributed by atoms with Gasteiger partial charge in [-0.1, -0.05) is 12.1 Å². The van der Waals surface area contributed by atoms with Gasteiger partial charge >= 0.3 is 0 Å². The fourth-order valence-corrected chi connectivity index (χ4v) is 5.39. The highest BCUT2D eigenvalue weighted by molar-refractivity contribution is 7.99. The third-order valence-electron chi connectivity index (χ3n) is 6.00. The van der Waals surface area contributed by atoms with Crippen LogP contribution in [-0.4, -0.2) is 42.0 Å². The molecule has 5 aromatic rings. The van der Waals surface area contributed by atoms with Gasteiger partial charge in [-0.15, -0.1) is 0 Å². The molecule has 0 spiro atoms. The molecule has 4 heterocycles. The van der Waals surface area contributed by atoms with Crippen molar-refractivity contribution in [1.29, 1.82) is 0 Å². The third-order valence-corrected chi connectivity index (χ3v) is 7.05. The summed E-state index contributed by atoms with van der Waals surface area (Å²) in [6.45, 7) is 0.505. The molecule has 1 N–H and O–H groups in total. The van der Waals surface area contributed by atoms with Crippen LogP contribution in [0, 0.1) is 5.82 Å². The minimum Gasteiger partial charge on any atom is -0.488 e. The molecule has 0 bridgehead atoms. The number of thioether (sulfide) groups is 1. The van der Waals surface area contributed by atoms with E-state index in [9.17, 15) is 4.39 Å². The normalized spacial score (nSPS) is 14.6. The van der Waals surface area contributed by atoms with Crippen LogP contribution in [0.2, 0.25) is 0 Å². The van der Waals surface area contributed by atoms with Gasteiger partial charge in [0.2, 0.25) is 0 Å². The van der Waals surface area contributed by atoms with Crippen LogP contribution < -0.4 is 10.1 Å². The summed E-state index contributed by atoms with van der Waals surface area (Å²) >= 11 is 1.98. The number of ether oxygens (including phenoxy) is 1. The van der Waals surface area contributed by atoms with Crippen LogP contribution in [0.15, 0.2) is 67.3 Å². The molecular weight excluding hydrogens is 451 g/mol. The second kappa shape index (κ2) is 8.98. The predicted molar refractivity (Wildman–Crippen MR) is 132 cm³/mol. The molecule has 1 fully saturated rings. The first-order chi connectivity index (χ1) is 16.7. The van der Waals surface area contributed by atoms with E-state index in [1.807, 2.05) is 59.2 Å². The summed E-state index contributed by atoms with van der Waals surface area (Å²) in [5.74, 6) is 3.50. The Hall–Kier alpha value is -3.59. The molecule has 172 valence electrons. The molecule has 1 saturated heterocycles. The number of hydrogen-bond donors (Lipinski definition) is 1. The van der Waals surface area contributed by atoms with Gasteiger partial charge in [0.1, 0.15) is 23.8 Å². The van der Waals surface area contributed by atoms with Gasteiger partial charge in [0.25, 0.3) is 0 Å². The number of fused-ring (bicyclic) bond motifs is 2. The monoisotopic (exact) mass is 474 g/mol. The van der Waals surface area contributed by atoms with Crippen molar-refractivity contribution in [3.05, 3.63) is 78.6 Å². The van der Waals surface area contributed by atoms with E-state index in [4.69, 9.17) is 4.74 Å². The van der Waals surface area contributed by atoms with Crippen LogP contribution in [0.5, 0.6) is 5.75 Å². The smallest absolute Gasteiger partial charge is 0.162 e. The predicted octanol–water partition coefficient (Wildman–Crippen LogP) is 5.28. The van der Waals surface area contributed by atoms with Gasteiger partial charge in [-0.3, -0.25) is 4.68 Å². The highest BCUT2D eigenvalue weighted by atomic mass is 32.2. The number of halogens is 1. The number of rotatable bonds is 6. The van der Waals surface area contributed by atoms with E-state index in [-0.39, 0.29) is 11.9 Å². The Morgan fingerprint density at radius 3 is 2.88 bits per heavy atom. The third kappa shape index (κ3) is 4.19. The van der Waals surface area contributed by atoms with Crippen LogP contribution in [0.4, 0.5) is 15.9 Å². The lowest BCUT2D eigenvalue weighted by molar-refractivity contribution is 0.195. The molecule has 0 amide bonds. The Bertz CT molecular complexity index is 1460. The quantitative estimate of drug-likeness (QED) is 0.361. The highest BCUT2D eigenvalue weighted by Crippen LogP contribution is 2.32. The Balaban J connectivity index is 1.27. The number of hydrogen-bond acceptors (Lipinski definition) is 6. The molecule has 6 rings (SSSR count). The number of benzene rings is 2.